The summed E-state index contributed by atoms with van der Waals surface area (Å²) < 4.78 is 11.5. The van der Waals surface area contributed by atoms with Crippen LogP contribution >= 0.6 is 0 Å². The van der Waals surface area contributed by atoms with Crippen molar-refractivity contribution in [3.05, 3.63) is 59.7 Å². The molecule has 0 saturated carbocycles. The number of ether oxygens (including phenoxy) is 2. The quantitative estimate of drug-likeness (QED) is 0.481. The number of hydrogen-bond acceptors (Lipinski definition) is 5. The second kappa shape index (κ2) is 9.64. The first-order chi connectivity index (χ1) is 14.9. The van der Waals surface area contributed by atoms with Crippen molar-refractivity contribution in [1.82, 2.24) is 10.3 Å². The van der Waals surface area contributed by atoms with Gasteiger partial charge < -0.3 is 14.8 Å². The Morgan fingerprint density at radius 2 is 1.81 bits per heavy atom. The fourth-order valence-corrected chi connectivity index (χ4v) is 3.40. The highest BCUT2D eigenvalue weighted by Gasteiger charge is 2.51. The molecule has 1 N–H and O–H groups in total. The van der Waals surface area contributed by atoms with E-state index in [1.807, 2.05) is 50.2 Å². The molecule has 2 aromatic rings. The van der Waals surface area contributed by atoms with E-state index in [4.69, 9.17) is 9.47 Å². The third kappa shape index (κ3) is 4.71. The van der Waals surface area contributed by atoms with E-state index in [9.17, 15) is 9.59 Å². The van der Waals surface area contributed by atoms with Gasteiger partial charge in [0.25, 0.3) is 5.91 Å². The first kappa shape index (κ1) is 22.3. The molecule has 0 bridgehead atoms. The van der Waals surface area contributed by atoms with Crippen molar-refractivity contribution < 1.29 is 19.1 Å². The SMILES string of the molecule is CCOc1cc(/C=N\N2C(=O)N[C@@](CC)(c3ccccc3)C2=O)ccc1OCC(C)C. The van der Waals surface area contributed by atoms with Crippen LogP contribution in [0.4, 0.5) is 4.79 Å². The van der Waals surface area contributed by atoms with Crippen molar-refractivity contribution in [2.75, 3.05) is 13.2 Å². The number of amides is 3. The molecule has 7 heteroatoms. The summed E-state index contributed by atoms with van der Waals surface area (Å²) in [5.41, 5.74) is 0.314. The van der Waals surface area contributed by atoms with E-state index in [0.29, 0.717) is 42.6 Å². The Hall–Kier alpha value is -3.35. The molecule has 1 aliphatic heterocycles. The van der Waals surface area contributed by atoms with Gasteiger partial charge in [-0.25, -0.2) is 4.79 Å². The lowest BCUT2D eigenvalue weighted by Gasteiger charge is -2.24. The summed E-state index contributed by atoms with van der Waals surface area (Å²) in [6.45, 7) is 8.98. The monoisotopic (exact) mass is 423 g/mol. The molecule has 0 aromatic heterocycles. The van der Waals surface area contributed by atoms with Gasteiger partial charge in [0.15, 0.2) is 11.5 Å². The summed E-state index contributed by atoms with van der Waals surface area (Å²) in [5.74, 6) is 1.23. The lowest BCUT2D eigenvalue weighted by atomic mass is 9.87. The molecule has 7 nitrogen and oxygen atoms in total. The van der Waals surface area contributed by atoms with E-state index >= 15 is 0 Å². The number of carbonyl (C=O) groups is 2. The van der Waals surface area contributed by atoms with Gasteiger partial charge in [-0.05, 0) is 48.6 Å². The molecule has 0 unspecified atom stereocenters. The standard InChI is InChI=1S/C24H29N3O4/c1-5-24(19-10-8-7-9-11-19)22(28)27(23(29)26-24)25-15-18-12-13-20(31-16-17(3)4)21(14-18)30-6-2/h7-15,17H,5-6,16H2,1-4H3,(H,26,29)/b25-15-/t24-/m0/s1. The average Bonchev–Trinajstić information content (AvgIpc) is 3.02. The van der Waals surface area contributed by atoms with Crippen LogP contribution in [0.15, 0.2) is 53.6 Å². The maximum Gasteiger partial charge on any atom is 0.346 e. The normalized spacial score (nSPS) is 18.7. The Morgan fingerprint density at radius 1 is 1.06 bits per heavy atom. The zero-order chi connectivity index (χ0) is 22.4. The predicted octanol–water partition coefficient (Wildman–Crippen LogP) is 4.31. The Labute approximate surface area is 183 Å². The lowest BCUT2D eigenvalue weighted by Crippen LogP contribution is -2.43. The molecule has 164 valence electrons. The molecule has 1 saturated heterocycles. The fraction of sp³-hybridized carbons (Fsp3) is 0.375. The predicted molar refractivity (Wildman–Crippen MR) is 119 cm³/mol. The molecule has 3 rings (SSSR count). The van der Waals surface area contributed by atoms with Crippen molar-refractivity contribution >= 4 is 18.2 Å². The third-order valence-corrected chi connectivity index (χ3v) is 5.03. The number of carbonyl (C=O) groups excluding carboxylic acids is 2. The number of urea groups is 1. The minimum Gasteiger partial charge on any atom is -0.490 e. The van der Waals surface area contributed by atoms with Gasteiger partial charge in [-0.15, -0.1) is 5.01 Å². The van der Waals surface area contributed by atoms with Gasteiger partial charge in [-0.2, -0.15) is 5.10 Å². The molecule has 0 radical (unpaired) electrons. The van der Waals surface area contributed by atoms with Crippen molar-refractivity contribution in [3.63, 3.8) is 0 Å². The third-order valence-electron chi connectivity index (χ3n) is 5.03. The minimum absolute atomic E-state index is 0.388. The molecule has 1 fully saturated rings. The second-order valence-electron chi connectivity index (χ2n) is 7.76. The molecule has 3 amide bonds. The number of hydrazone groups is 1. The van der Waals surface area contributed by atoms with Crippen LogP contribution in [0.1, 0.15) is 45.2 Å². The molecule has 31 heavy (non-hydrogen) atoms. The average molecular weight is 424 g/mol. The van der Waals surface area contributed by atoms with E-state index in [1.54, 1.807) is 12.1 Å². The van der Waals surface area contributed by atoms with Gasteiger partial charge in [0, 0.05) is 0 Å². The molecule has 1 atom stereocenters. The summed E-state index contributed by atoms with van der Waals surface area (Å²) in [7, 11) is 0. The zero-order valence-electron chi connectivity index (χ0n) is 18.4. The maximum atomic E-state index is 13.1. The van der Waals surface area contributed by atoms with E-state index in [2.05, 4.69) is 24.3 Å². The highest BCUT2D eigenvalue weighted by molar-refractivity contribution is 6.07. The Morgan fingerprint density at radius 3 is 2.45 bits per heavy atom. The Balaban J connectivity index is 1.83. The van der Waals surface area contributed by atoms with Gasteiger partial charge in [0.2, 0.25) is 0 Å². The van der Waals surface area contributed by atoms with Crippen LogP contribution in [-0.4, -0.2) is 36.4 Å². The number of nitrogens with zero attached hydrogens (tertiary/aromatic N) is 2. The van der Waals surface area contributed by atoms with Crippen LogP contribution in [0, 0.1) is 5.92 Å². The molecule has 1 heterocycles. The number of rotatable bonds is 9. The van der Waals surface area contributed by atoms with Crippen LogP contribution in [0.5, 0.6) is 11.5 Å². The van der Waals surface area contributed by atoms with Crippen molar-refractivity contribution in [2.24, 2.45) is 11.0 Å². The number of benzene rings is 2. The largest absolute Gasteiger partial charge is 0.490 e. The topological polar surface area (TPSA) is 80.2 Å². The zero-order valence-corrected chi connectivity index (χ0v) is 18.4. The van der Waals surface area contributed by atoms with Gasteiger partial charge in [0.05, 0.1) is 19.4 Å². The lowest BCUT2D eigenvalue weighted by molar-refractivity contribution is -0.131. The smallest absolute Gasteiger partial charge is 0.346 e. The number of imide groups is 1. The first-order valence-electron chi connectivity index (χ1n) is 10.6. The van der Waals surface area contributed by atoms with Crippen LogP contribution in [0.25, 0.3) is 0 Å². The first-order valence-corrected chi connectivity index (χ1v) is 10.6. The molecule has 1 aliphatic rings. The van der Waals surface area contributed by atoms with Crippen molar-refractivity contribution in [2.45, 2.75) is 39.7 Å². The summed E-state index contributed by atoms with van der Waals surface area (Å²) in [6, 6.07) is 14.1. The van der Waals surface area contributed by atoms with Crippen molar-refractivity contribution in [1.29, 1.82) is 0 Å². The molecular weight excluding hydrogens is 394 g/mol. The summed E-state index contributed by atoms with van der Waals surface area (Å²) in [5, 5.41) is 7.89. The summed E-state index contributed by atoms with van der Waals surface area (Å²) in [6.07, 6.45) is 1.90. The van der Waals surface area contributed by atoms with Gasteiger partial charge in [-0.3, -0.25) is 4.79 Å². The summed E-state index contributed by atoms with van der Waals surface area (Å²) >= 11 is 0. The fourth-order valence-electron chi connectivity index (χ4n) is 3.40. The maximum absolute atomic E-state index is 13.1. The van der Waals surface area contributed by atoms with Gasteiger partial charge in [-0.1, -0.05) is 51.1 Å². The Kier molecular flexibility index (Phi) is 6.95. The molecule has 2 aromatic carbocycles. The van der Waals surface area contributed by atoms with Crippen LogP contribution in [-0.2, 0) is 10.3 Å². The van der Waals surface area contributed by atoms with Crippen LogP contribution in [0.3, 0.4) is 0 Å². The van der Waals surface area contributed by atoms with Crippen LogP contribution in [0.2, 0.25) is 0 Å². The highest BCUT2D eigenvalue weighted by atomic mass is 16.5. The van der Waals surface area contributed by atoms with E-state index < -0.39 is 17.5 Å². The minimum atomic E-state index is -1.11. The van der Waals surface area contributed by atoms with E-state index in [0.717, 1.165) is 10.6 Å². The van der Waals surface area contributed by atoms with E-state index in [1.165, 1.54) is 6.21 Å². The Bertz CT molecular complexity index is 959. The number of hydrogen-bond donors (Lipinski definition) is 1. The van der Waals surface area contributed by atoms with Gasteiger partial charge >= 0.3 is 6.03 Å². The molecular formula is C24H29N3O4. The van der Waals surface area contributed by atoms with E-state index in [-0.39, 0.29) is 0 Å². The number of nitrogens with one attached hydrogen (secondary N) is 1. The molecule has 0 spiro atoms. The summed E-state index contributed by atoms with van der Waals surface area (Å²) in [4.78, 5) is 25.7. The van der Waals surface area contributed by atoms with Crippen molar-refractivity contribution in [3.8, 4) is 11.5 Å². The van der Waals surface area contributed by atoms with Gasteiger partial charge in [0.1, 0.15) is 5.54 Å². The second-order valence-corrected chi connectivity index (χ2v) is 7.76. The van der Waals surface area contributed by atoms with Crippen LogP contribution < -0.4 is 14.8 Å². The highest BCUT2D eigenvalue weighted by Crippen LogP contribution is 2.33. The molecule has 0 aliphatic carbocycles.